The van der Waals surface area contributed by atoms with Crippen LogP contribution in [-0.4, -0.2) is 51.8 Å². The summed E-state index contributed by atoms with van der Waals surface area (Å²) in [4.78, 5) is 16.0. The molecule has 1 atom stereocenters. The summed E-state index contributed by atoms with van der Waals surface area (Å²) >= 11 is 0. The molecule has 3 N–H and O–H groups in total. The van der Waals surface area contributed by atoms with E-state index in [1.807, 2.05) is 38.1 Å². The maximum atomic E-state index is 11.8. The maximum Gasteiger partial charge on any atom is 0.221 e. The number of carbonyl (C=O) groups is 1. The number of carbonyl (C=O) groups excluding carboxylic acids is 1. The van der Waals surface area contributed by atoms with E-state index in [0.717, 1.165) is 24.3 Å². The fourth-order valence-corrected chi connectivity index (χ4v) is 2.12. The summed E-state index contributed by atoms with van der Waals surface area (Å²) in [5.74, 6) is 1.43. The van der Waals surface area contributed by atoms with Crippen molar-refractivity contribution in [1.29, 1.82) is 0 Å². The summed E-state index contributed by atoms with van der Waals surface area (Å²) in [5, 5.41) is 9.28. The number of ether oxygens (including phenoxy) is 2. The molecule has 27 heavy (non-hydrogen) atoms. The molecule has 1 unspecified atom stereocenters. The van der Waals surface area contributed by atoms with Gasteiger partial charge in [0.2, 0.25) is 5.91 Å². The third-order valence-corrected chi connectivity index (χ3v) is 3.75. The van der Waals surface area contributed by atoms with E-state index in [4.69, 9.17) is 9.47 Å². The molecule has 0 radical (unpaired) electrons. The molecule has 0 aromatic heterocycles. The van der Waals surface area contributed by atoms with E-state index in [9.17, 15) is 4.79 Å². The molecule has 0 aliphatic rings. The molecule has 0 heterocycles. The molecule has 0 aliphatic heterocycles. The molecule has 0 saturated carbocycles. The van der Waals surface area contributed by atoms with E-state index in [-0.39, 0.29) is 35.9 Å². The van der Waals surface area contributed by atoms with Crippen molar-refractivity contribution in [3.63, 3.8) is 0 Å². The number of hydrogen-bond acceptors (Lipinski definition) is 4. The molecule has 8 heteroatoms. The highest BCUT2D eigenvalue weighted by Gasteiger charge is 2.06. The Morgan fingerprint density at radius 3 is 2.74 bits per heavy atom. The van der Waals surface area contributed by atoms with Gasteiger partial charge in [-0.15, -0.1) is 24.0 Å². The van der Waals surface area contributed by atoms with Gasteiger partial charge in [-0.1, -0.05) is 13.0 Å². The van der Waals surface area contributed by atoms with Crippen molar-refractivity contribution in [1.82, 2.24) is 10.6 Å². The molecule has 0 bridgehead atoms. The van der Waals surface area contributed by atoms with Crippen LogP contribution in [0.3, 0.4) is 0 Å². The molecular formula is C19H33IN4O3. The fraction of sp³-hybridized carbons (Fsp3) is 0.579. The standard InChI is InChI=1S/C19H32N4O3.HI/c1-5-15(2)22-18(24)10-11-21-19(20-3)23-16-8-6-9-17(14-16)26-13-7-12-25-4;/h6,8-9,14-15H,5,7,10-13H2,1-4H3,(H,22,24)(H2,20,21,23);1H. The Hall–Kier alpha value is -1.55. The molecule has 0 fully saturated rings. The average Bonchev–Trinajstić information content (AvgIpc) is 2.64. The first-order valence-electron chi connectivity index (χ1n) is 9.07. The van der Waals surface area contributed by atoms with Gasteiger partial charge in [0.1, 0.15) is 5.75 Å². The van der Waals surface area contributed by atoms with Crippen molar-refractivity contribution >= 4 is 41.5 Å². The van der Waals surface area contributed by atoms with E-state index in [2.05, 4.69) is 20.9 Å². The third-order valence-electron chi connectivity index (χ3n) is 3.75. The van der Waals surface area contributed by atoms with Gasteiger partial charge in [-0.2, -0.15) is 0 Å². The minimum atomic E-state index is 0. The molecular weight excluding hydrogens is 459 g/mol. The number of amides is 1. The van der Waals surface area contributed by atoms with Crippen LogP contribution in [0.15, 0.2) is 29.3 Å². The number of halogens is 1. The third kappa shape index (κ3) is 11.7. The normalized spacial score (nSPS) is 11.9. The second kappa shape index (κ2) is 15.5. The second-order valence-corrected chi connectivity index (χ2v) is 5.97. The van der Waals surface area contributed by atoms with E-state index in [1.54, 1.807) is 14.2 Å². The number of methoxy groups -OCH3 is 1. The van der Waals surface area contributed by atoms with Gasteiger partial charge in [0, 0.05) is 57.9 Å². The van der Waals surface area contributed by atoms with Crippen molar-refractivity contribution in [3.8, 4) is 5.75 Å². The molecule has 0 aliphatic carbocycles. The monoisotopic (exact) mass is 492 g/mol. The molecule has 0 saturated heterocycles. The van der Waals surface area contributed by atoms with Crippen LogP contribution in [0.1, 0.15) is 33.1 Å². The Balaban J connectivity index is 0.00000676. The van der Waals surface area contributed by atoms with E-state index in [1.165, 1.54) is 0 Å². The quantitative estimate of drug-likeness (QED) is 0.192. The lowest BCUT2D eigenvalue weighted by Gasteiger charge is -2.14. The van der Waals surface area contributed by atoms with Gasteiger partial charge >= 0.3 is 0 Å². The first-order valence-corrected chi connectivity index (χ1v) is 9.07. The molecule has 0 spiro atoms. The Labute approximate surface area is 179 Å². The van der Waals surface area contributed by atoms with Gasteiger partial charge in [-0.05, 0) is 25.5 Å². The Kier molecular flexibility index (Phi) is 14.6. The number of rotatable bonds is 11. The fourth-order valence-electron chi connectivity index (χ4n) is 2.12. The van der Waals surface area contributed by atoms with Crippen molar-refractivity contribution in [3.05, 3.63) is 24.3 Å². The first-order chi connectivity index (χ1) is 12.6. The number of guanidine groups is 1. The summed E-state index contributed by atoms with van der Waals surface area (Å²) in [6, 6.07) is 7.88. The van der Waals surface area contributed by atoms with E-state index in [0.29, 0.717) is 32.1 Å². The highest BCUT2D eigenvalue weighted by Crippen LogP contribution is 2.17. The van der Waals surface area contributed by atoms with Gasteiger partial charge in [-0.25, -0.2) is 0 Å². The Morgan fingerprint density at radius 1 is 1.30 bits per heavy atom. The Morgan fingerprint density at radius 2 is 2.07 bits per heavy atom. The number of aliphatic imine (C=N–C) groups is 1. The summed E-state index contributed by atoms with van der Waals surface area (Å²) in [7, 11) is 3.37. The topological polar surface area (TPSA) is 84.0 Å². The number of anilines is 1. The van der Waals surface area contributed by atoms with Gasteiger partial charge in [0.15, 0.2) is 5.96 Å². The zero-order valence-electron chi connectivity index (χ0n) is 16.7. The molecule has 154 valence electrons. The number of nitrogens with one attached hydrogen (secondary N) is 3. The highest BCUT2D eigenvalue weighted by atomic mass is 127. The molecule has 1 amide bonds. The number of benzene rings is 1. The van der Waals surface area contributed by atoms with Gasteiger partial charge in [0.05, 0.1) is 6.61 Å². The van der Waals surface area contributed by atoms with E-state index >= 15 is 0 Å². The molecule has 1 rings (SSSR count). The smallest absolute Gasteiger partial charge is 0.221 e. The zero-order chi connectivity index (χ0) is 19.2. The van der Waals surface area contributed by atoms with Gasteiger partial charge in [-0.3, -0.25) is 9.79 Å². The predicted molar refractivity (Wildman–Crippen MR) is 121 cm³/mol. The predicted octanol–water partition coefficient (Wildman–Crippen LogP) is 3.01. The largest absolute Gasteiger partial charge is 0.493 e. The van der Waals surface area contributed by atoms with Gasteiger partial charge in [0.25, 0.3) is 0 Å². The summed E-state index contributed by atoms with van der Waals surface area (Å²) < 4.78 is 10.7. The van der Waals surface area contributed by atoms with Crippen LogP contribution in [0.5, 0.6) is 5.75 Å². The van der Waals surface area contributed by atoms with Crippen molar-refractivity contribution in [2.75, 3.05) is 39.2 Å². The summed E-state index contributed by atoms with van der Waals surface area (Å²) in [6.45, 7) is 5.84. The number of hydrogen-bond donors (Lipinski definition) is 3. The molecule has 1 aromatic carbocycles. The van der Waals surface area contributed by atoms with Crippen LogP contribution >= 0.6 is 24.0 Å². The van der Waals surface area contributed by atoms with Gasteiger partial charge < -0.3 is 25.4 Å². The minimum Gasteiger partial charge on any atom is -0.493 e. The van der Waals surface area contributed by atoms with Crippen LogP contribution in [-0.2, 0) is 9.53 Å². The van der Waals surface area contributed by atoms with Crippen molar-refractivity contribution in [2.24, 2.45) is 4.99 Å². The van der Waals surface area contributed by atoms with Crippen LogP contribution in [0.25, 0.3) is 0 Å². The lowest BCUT2D eigenvalue weighted by atomic mass is 10.2. The minimum absolute atomic E-state index is 0. The van der Waals surface area contributed by atoms with Crippen molar-refractivity contribution in [2.45, 2.75) is 39.2 Å². The molecule has 7 nitrogen and oxygen atoms in total. The summed E-state index contributed by atoms with van der Waals surface area (Å²) in [5.41, 5.74) is 0.867. The second-order valence-electron chi connectivity index (χ2n) is 5.97. The Bertz CT molecular complexity index is 570. The lowest BCUT2D eigenvalue weighted by Crippen LogP contribution is -2.37. The van der Waals surface area contributed by atoms with Crippen LogP contribution in [0.4, 0.5) is 5.69 Å². The lowest BCUT2D eigenvalue weighted by molar-refractivity contribution is -0.121. The first kappa shape index (κ1) is 25.4. The SMILES string of the molecule is CCC(C)NC(=O)CCNC(=NC)Nc1cccc(OCCCOC)c1.I. The van der Waals surface area contributed by atoms with Crippen LogP contribution in [0, 0.1) is 0 Å². The summed E-state index contributed by atoms with van der Waals surface area (Å²) in [6.07, 6.45) is 2.16. The van der Waals surface area contributed by atoms with Crippen LogP contribution < -0.4 is 20.7 Å². The van der Waals surface area contributed by atoms with Crippen molar-refractivity contribution < 1.29 is 14.3 Å². The zero-order valence-corrected chi connectivity index (χ0v) is 19.0. The van der Waals surface area contributed by atoms with E-state index < -0.39 is 0 Å². The highest BCUT2D eigenvalue weighted by molar-refractivity contribution is 14.0. The maximum absolute atomic E-state index is 11.8. The average molecular weight is 492 g/mol. The number of nitrogens with zero attached hydrogens (tertiary/aromatic N) is 1. The van der Waals surface area contributed by atoms with Crippen LogP contribution in [0.2, 0.25) is 0 Å². The molecule has 1 aromatic rings.